The standard InChI is InChI=1S/C21H18FN5OS/c1-13(20(28)24-18-9-5-2-6-14(18)12-23)29-21-26-25-19(27(21)15-10-11-15)16-7-3-4-8-17(16)22/h2-9,13,15H,10-11H2,1H3,(H,24,28). The second-order valence-corrected chi connectivity index (χ2v) is 8.10. The molecule has 4 rings (SSSR count). The Kier molecular flexibility index (Phi) is 5.32. The van der Waals surface area contributed by atoms with Crippen molar-refractivity contribution in [1.82, 2.24) is 14.8 Å². The molecule has 0 bridgehead atoms. The lowest BCUT2D eigenvalue weighted by molar-refractivity contribution is -0.115. The number of hydrogen-bond donors (Lipinski definition) is 1. The normalized spacial score (nSPS) is 14.2. The Morgan fingerprint density at radius 1 is 1.24 bits per heavy atom. The van der Waals surface area contributed by atoms with Gasteiger partial charge in [0.15, 0.2) is 11.0 Å². The first-order valence-electron chi connectivity index (χ1n) is 9.25. The maximum absolute atomic E-state index is 14.3. The van der Waals surface area contributed by atoms with E-state index in [9.17, 15) is 14.4 Å². The van der Waals surface area contributed by atoms with Gasteiger partial charge in [-0.15, -0.1) is 10.2 Å². The molecule has 0 aliphatic heterocycles. The number of amides is 1. The highest BCUT2D eigenvalue weighted by Gasteiger charge is 2.32. The fourth-order valence-corrected chi connectivity index (χ4v) is 3.90. The van der Waals surface area contributed by atoms with E-state index < -0.39 is 5.25 Å². The van der Waals surface area contributed by atoms with Gasteiger partial charge in [0.05, 0.1) is 22.1 Å². The molecule has 1 heterocycles. The van der Waals surface area contributed by atoms with Gasteiger partial charge in [-0.05, 0) is 44.0 Å². The van der Waals surface area contributed by atoms with Crippen molar-refractivity contribution in [1.29, 1.82) is 5.26 Å². The lowest BCUT2D eigenvalue weighted by Gasteiger charge is -2.14. The van der Waals surface area contributed by atoms with Crippen molar-refractivity contribution in [3.8, 4) is 17.5 Å². The van der Waals surface area contributed by atoms with Crippen LogP contribution in [0.2, 0.25) is 0 Å². The Hall–Kier alpha value is -3.18. The number of nitrogens with zero attached hydrogens (tertiary/aromatic N) is 4. The van der Waals surface area contributed by atoms with E-state index in [1.54, 1.807) is 49.4 Å². The van der Waals surface area contributed by atoms with Crippen LogP contribution >= 0.6 is 11.8 Å². The summed E-state index contributed by atoms with van der Waals surface area (Å²) in [4.78, 5) is 12.7. The number of benzene rings is 2. The Morgan fingerprint density at radius 2 is 1.97 bits per heavy atom. The third kappa shape index (κ3) is 4.00. The molecule has 0 radical (unpaired) electrons. The summed E-state index contributed by atoms with van der Waals surface area (Å²) in [6.07, 6.45) is 1.95. The van der Waals surface area contributed by atoms with Crippen LogP contribution in [0.5, 0.6) is 0 Å². The molecule has 1 aromatic heterocycles. The number of halogens is 1. The van der Waals surface area contributed by atoms with Crippen molar-refractivity contribution in [2.24, 2.45) is 0 Å². The van der Waals surface area contributed by atoms with Crippen molar-refractivity contribution in [3.63, 3.8) is 0 Å². The summed E-state index contributed by atoms with van der Waals surface area (Å²) in [6, 6.07) is 15.6. The molecule has 1 saturated carbocycles. The summed E-state index contributed by atoms with van der Waals surface area (Å²) < 4.78 is 16.2. The van der Waals surface area contributed by atoms with Gasteiger partial charge in [0.1, 0.15) is 11.9 Å². The Bertz CT molecular complexity index is 1100. The Balaban J connectivity index is 1.56. The van der Waals surface area contributed by atoms with Crippen LogP contribution in [0.25, 0.3) is 11.4 Å². The number of carbonyl (C=O) groups is 1. The lowest BCUT2D eigenvalue weighted by atomic mass is 10.2. The number of nitrogens with one attached hydrogen (secondary N) is 1. The number of nitriles is 1. The van der Waals surface area contributed by atoms with E-state index in [-0.39, 0.29) is 17.8 Å². The predicted molar refractivity (Wildman–Crippen MR) is 109 cm³/mol. The molecule has 0 spiro atoms. The molecule has 1 amide bonds. The zero-order valence-electron chi connectivity index (χ0n) is 15.7. The first-order chi connectivity index (χ1) is 14.1. The second-order valence-electron chi connectivity index (χ2n) is 6.79. The van der Waals surface area contributed by atoms with E-state index in [2.05, 4.69) is 21.6 Å². The summed E-state index contributed by atoms with van der Waals surface area (Å²) in [5.41, 5.74) is 1.28. The van der Waals surface area contributed by atoms with Gasteiger partial charge in [0.25, 0.3) is 0 Å². The minimum atomic E-state index is -0.475. The molecule has 2 aromatic carbocycles. The van der Waals surface area contributed by atoms with Gasteiger partial charge in [-0.3, -0.25) is 9.36 Å². The monoisotopic (exact) mass is 407 g/mol. The highest BCUT2D eigenvalue weighted by atomic mass is 32.2. The van der Waals surface area contributed by atoms with Crippen molar-refractivity contribution in [2.75, 3.05) is 5.32 Å². The van der Waals surface area contributed by atoms with Crippen LogP contribution in [-0.2, 0) is 4.79 Å². The van der Waals surface area contributed by atoms with Gasteiger partial charge in [-0.2, -0.15) is 5.26 Å². The van der Waals surface area contributed by atoms with Gasteiger partial charge in [-0.1, -0.05) is 36.0 Å². The van der Waals surface area contributed by atoms with Gasteiger partial charge in [0, 0.05) is 6.04 Å². The molecule has 3 aromatic rings. The van der Waals surface area contributed by atoms with Crippen LogP contribution in [0, 0.1) is 17.1 Å². The molecule has 6 nitrogen and oxygen atoms in total. The molecule has 146 valence electrons. The van der Waals surface area contributed by atoms with Crippen molar-refractivity contribution < 1.29 is 9.18 Å². The first-order valence-corrected chi connectivity index (χ1v) is 10.1. The zero-order chi connectivity index (χ0) is 20.4. The number of thioether (sulfide) groups is 1. The van der Waals surface area contributed by atoms with Crippen LogP contribution < -0.4 is 5.32 Å². The predicted octanol–water partition coefficient (Wildman–Crippen LogP) is 4.41. The molecular formula is C21H18FN5OS. The van der Waals surface area contributed by atoms with Crippen LogP contribution in [-0.4, -0.2) is 25.9 Å². The Labute approximate surface area is 171 Å². The van der Waals surface area contributed by atoms with Crippen LogP contribution in [0.3, 0.4) is 0 Å². The van der Waals surface area contributed by atoms with E-state index >= 15 is 0 Å². The van der Waals surface area contributed by atoms with Gasteiger partial charge >= 0.3 is 0 Å². The topological polar surface area (TPSA) is 83.6 Å². The van der Waals surface area contributed by atoms with E-state index in [0.29, 0.717) is 27.8 Å². The fraction of sp³-hybridized carbons (Fsp3) is 0.238. The molecule has 1 fully saturated rings. The number of hydrogen-bond acceptors (Lipinski definition) is 5. The minimum Gasteiger partial charge on any atom is -0.324 e. The van der Waals surface area contributed by atoms with Crippen molar-refractivity contribution in [2.45, 2.75) is 36.2 Å². The molecule has 1 atom stereocenters. The van der Waals surface area contributed by atoms with Crippen LogP contribution in [0.15, 0.2) is 53.7 Å². The second kappa shape index (κ2) is 8.05. The molecule has 8 heteroatoms. The summed E-state index contributed by atoms with van der Waals surface area (Å²) in [5.74, 6) is -0.108. The highest BCUT2D eigenvalue weighted by Crippen LogP contribution is 2.42. The molecule has 1 aliphatic rings. The summed E-state index contributed by atoms with van der Waals surface area (Å²) in [5, 5.41) is 20.5. The number of para-hydroxylation sites is 1. The molecular weight excluding hydrogens is 389 g/mol. The van der Waals surface area contributed by atoms with E-state index in [0.717, 1.165) is 12.8 Å². The summed E-state index contributed by atoms with van der Waals surface area (Å²) >= 11 is 1.27. The fourth-order valence-electron chi connectivity index (χ4n) is 2.98. The third-order valence-corrected chi connectivity index (χ3v) is 5.70. The van der Waals surface area contributed by atoms with Gasteiger partial charge < -0.3 is 5.32 Å². The largest absolute Gasteiger partial charge is 0.324 e. The SMILES string of the molecule is CC(Sc1nnc(-c2ccccc2F)n1C1CC1)C(=O)Nc1ccccc1C#N. The number of rotatable bonds is 6. The molecule has 1 N–H and O–H groups in total. The summed E-state index contributed by atoms with van der Waals surface area (Å²) in [6.45, 7) is 1.77. The minimum absolute atomic E-state index is 0.219. The number of aromatic nitrogens is 3. The van der Waals surface area contributed by atoms with Gasteiger partial charge in [-0.25, -0.2) is 4.39 Å². The van der Waals surface area contributed by atoms with Crippen molar-refractivity contribution >= 4 is 23.4 Å². The highest BCUT2D eigenvalue weighted by molar-refractivity contribution is 8.00. The van der Waals surface area contributed by atoms with Gasteiger partial charge in [0.2, 0.25) is 5.91 Å². The average Bonchev–Trinajstić information content (AvgIpc) is 3.49. The van der Waals surface area contributed by atoms with Crippen LogP contribution in [0.1, 0.15) is 31.4 Å². The van der Waals surface area contributed by atoms with Crippen molar-refractivity contribution in [3.05, 3.63) is 59.9 Å². The lowest BCUT2D eigenvalue weighted by Crippen LogP contribution is -2.23. The number of anilines is 1. The average molecular weight is 407 g/mol. The smallest absolute Gasteiger partial charge is 0.237 e. The summed E-state index contributed by atoms with van der Waals surface area (Å²) in [7, 11) is 0. The van der Waals surface area contributed by atoms with E-state index in [4.69, 9.17) is 0 Å². The zero-order valence-corrected chi connectivity index (χ0v) is 16.5. The van der Waals surface area contributed by atoms with Crippen LogP contribution in [0.4, 0.5) is 10.1 Å². The molecule has 0 saturated heterocycles. The molecule has 29 heavy (non-hydrogen) atoms. The number of carbonyl (C=O) groups excluding carboxylic acids is 1. The first kappa shape index (κ1) is 19.2. The quantitative estimate of drug-likeness (QED) is 0.612. The Morgan fingerprint density at radius 3 is 2.69 bits per heavy atom. The van der Waals surface area contributed by atoms with E-state index in [1.807, 2.05) is 4.57 Å². The molecule has 1 unspecified atom stereocenters. The maximum Gasteiger partial charge on any atom is 0.237 e. The maximum atomic E-state index is 14.3. The molecule has 1 aliphatic carbocycles. The third-order valence-electron chi connectivity index (χ3n) is 4.65. The van der Waals surface area contributed by atoms with E-state index in [1.165, 1.54) is 17.8 Å².